The SMILES string of the molecule is COCCCN(C)c1nc(C)ccc1C(=O)O. The minimum absolute atomic E-state index is 0.232. The van der Waals surface area contributed by atoms with Gasteiger partial charge < -0.3 is 14.7 Å². The van der Waals surface area contributed by atoms with Crippen LogP contribution < -0.4 is 4.90 Å². The van der Waals surface area contributed by atoms with E-state index >= 15 is 0 Å². The number of methoxy groups -OCH3 is 1. The van der Waals surface area contributed by atoms with Gasteiger partial charge in [-0.15, -0.1) is 0 Å². The molecule has 0 aliphatic rings. The van der Waals surface area contributed by atoms with Gasteiger partial charge in [0.05, 0.1) is 0 Å². The van der Waals surface area contributed by atoms with Crippen molar-refractivity contribution >= 4 is 11.8 Å². The van der Waals surface area contributed by atoms with Gasteiger partial charge in [0.15, 0.2) is 0 Å². The normalized spacial score (nSPS) is 10.3. The molecule has 5 heteroatoms. The average molecular weight is 238 g/mol. The molecule has 1 aromatic heterocycles. The molecular formula is C12H18N2O3. The molecule has 0 aromatic carbocycles. The van der Waals surface area contributed by atoms with Crippen LogP contribution in [0, 0.1) is 6.92 Å². The van der Waals surface area contributed by atoms with Crippen LogP contribution in [0.2, 0.25) is 0 Å². The van der Waals surface area contributed by atoms with Crippen LogP contribution in [0.5, 0.6) is 0 Å². The first-order valence-corrected chi connectivity index (χ1v) is 5.47. The van der Waals surface area contributed by atoms with Crippen LogP contribution in [0.25, 0.3) is 0 Å². The Morgan fingerprint density at radius 1 is 1.53 bits per heavy atom. The lowest BCUT2D eigenvalue weighted by molar-refractivity contribution is 0.0697. The summed E-state index contributed by atoms with van der Waals surface area (Å²) in [6.45, 7) is 3.21. The molecule has 0 saturated carbocycles. The third kappa shape index (κ3) is 3.71. The Balaban J connectivity index is 2.86. The lowest BCUT2D eigenvalue weighted by Crippen LogP contribution is -2.23. The van der Waals surface area contributed by atoms with E-state index in [1.807, 2.05) is 18.9 Å². The van der Waals surface area contributed by atoms with Gasteiger partial charge in [-0.1, -0.05) is 0 Å². The molecule has 0 fully saturated rings. The van der Waals surface area contributed by atoms with Gasteiger partial charge >= 0.3 is 5.97 Å². The molecule has 94 valence electrons. The number of aromatic carboxylic acids is 1. The van der Waals surface area contributed by atoms with Crippen LogP contribution in [-0.4, -0.2) is 43.4 Å². The van der Waals surface area contributed by atoms with Crippen molar-refractivity contribution in [1.29, 1.82) is 0 Å². The lowest BCUT2D eigenvalue weighted by Gasteiger charge is -2.20. The van der Waals surface area contributed by atoms with Gasteiger partial charge in [-0.2, -0.15) is 0 Å². The number of hydrogen-bond donors (Lipinski definition) is 1. The molecule has 0 saturated heterocycles. The predicted octanol–water partition coefficient (Wildman–Crippen LogP) is 1.56. The number of anilines is 1. The number of rotatable bonds is 6. The summed E-state index contributed by atoms with van der Waals surface area (Å²) >= 11 is 0. The second kappa shape index (κ2) is 6.20. The summed E-state index contributed by atoms with van der Waals surface area (Å²) in [4.78, 5) is 17.2. The fourth-order valence-electron chi connectivity index (χ4n) is 1.55. The number of aromatic nitrogens is 1. The molecule has 1 aromatic rings. The largest absolute Gasteiger partial charge is 0.478 e. The van der Waals surface area contributed by atoms with Crippen molar-refractivity contribution in [1.82, 2.24) is 4.98 Å². The molecule has 0 aliphatic heterocycles. The number of hydrogen-bond acceptors (Lipinski definition) is 4. The summed E-state index contributed by atoms with van der Waals surface area (Å²) in [5, 5.41) is 9.09. The lowest BCUT2D eigenvalue weighted by atomic mass is 10.2. The van der Waals surface area contributed by atoms with Crippen LogP contribution in [-0.2, 0) is 4.74 Å². The average Bonchev–Trinajstić information content (AvgIpc) is 2.28. The molecule has 0 spiro atoms. The van der Waals surface area contributed by atoms with E-state index in [4.69, 9.17) is 9.84 Å². The van der Waals surface area contributed by atoms with Gasteiger partial charge in [0.1, 0.15) is 11.4 Å². The third-order valence-electron chi connectivity index (χ3n) is 2.45. The van der Waals surface area contributed by atoms with Crippen LogP contribution in [0.3, 0.4) is 0 Å². The van der Waals surface area contributed by atoms with Crippen LogP contribution in [0.15, 0.2) is 12.1 Å². The monoisotopic (exact) mass is 238 g/mol. The molecule has 0 unspecified atom stereocenters. The molecule has 17 heavy (non-hydrogen) atoms. The number of aryl methyl sites for hydroxylation is 1. The summed E-state index contributed by atoms with van der Waals surface area (Å²) in [6, 6.07) is 3.29. The van der Waals surface area contributed by atoms with E-state index in [0.29, 0.717) is 19.0 Å². The Kier molecular flexibility index (Phi) is 4.90. The van der Waals surface area contributed by atoms with Gasteiger partial charge in [-0.05, 0) is 25.5 Å². The molecule has 0 atom stereocenters. The second-order valence-electron chi connectivity index (χ2n) is 3.90. The summed E-state index contributed by atoms with van der Waals surface area (Å²) in [7, 11) is 3.48. The van der Waals surface area contributed by atoms with Gasteiger partial charge in [0.2, 0.25) is 0 Å². The van der Waals surface area contributed by atoms with Crippen molar-refractivity contribution in [3.05, 3.63) is 23.4 Å². The molecule has 5 nitrogen and oxygen atoms in total. The third-order valence-corrected chi connectivity index (χ3v) is 2.45. The Bertz CT molecular complexity index is 393. The highest BCUT2D eigenvalue weighted by Crippen LogP contribution is 2.17. The molecule has 1 N–H and O–H groups in total. The van der Waals surface area contributed by atoms with E-state index in [-0.39, 0.29) is 5.56 Å². The van der Waals surface area contributed by atoms with E-state index in [1.54, 1.807) is 19.2 Å². The molecule has 0 bridgehead atoms. The van der Waals surface area contributed by atoms with Crippen molar-refractivity contribution < 1.29 is 14.6 Å². The highest BCUT2D eigenvalue weighted by Gasteiger charge is 2.14. The van der Waals surface area contributed by atoms with Crippen molar-refractivity contribution in [2.75, 3.05) is 32.2 Å². The first kappa shape index (κ1) is 13.4. The quantitative estimate of drug-likeness (QED) is 0.762. The standard InChI is InChI=1S/C12H18N2O3/c1-9-5-6-10(12(15)16)11(13-9)14(2)7-4-8-17-3/h5-6H,4,7-8H2,1-3H3,(H,15,16). The number of carbonyl (C=O) groups is 1. The van der Waals surface area contributed by atoms with Crippen LogP contribution >= 0.6 is 0 Å². The van der Waals surface area contributed by atoms with E-state index in [0.717, 1.165) is 12.1 Å². The molecule has 0 amide bonds. The Morgan fingerprint density at radius 2 is 2.24 bits per heavy atom. The maximum atomic E-state index is 11.1. The fraction of sp³-hybridized carbons (Fsp3) is 0.500. The zero-order valence-corrected chi connectivity index (χ0v) is 10.4. The topological polar surface area (TPSA) is 62.7 Å². The maximum absolute atomic E-state index is 11.1. The first-order chi connectivity index (χ1) is 8.06. The Morgan fingerprint density at radius 3 is 2.82 bits per heavy atom. The molecule has 1 heterocycles. The van der Waals surface area contributed by atoms with Crippen molar-refractivity contribution in [3.63, 3.8) is 0 Å². The number of carboxylic acids is 1. The number of ether oxygens (including phenoxy) is 1. The summed E-state index contributed by atoms with van der Waals surface area (Å²) in [5.74, 6) is -0.445. The second-order valence-corrected chi connectivity index (χ2v) is 3.90. The van der Waals surface area contributed by atoms with E-state index in [2.05, 4.69) is 4.98 Å². The minimum Gasteiger partial charge on any atom is -0.478 e. The minimum atomic E-state index is -0.953. The first-order valence-electron chi connectivity index (χ1n) is 5.47. The van der Waals surface area contributed by atoms with Gasteiger partial charge in [-0.3, -0.25) is 0 Å². The van der Waals surface area contributed by atoms with E-state index < -0.39 is 5.97 Å². The summed E-state index contributed by atoms with van der Waals surface area (Å²) in [6.07, 6.45) is 0.835. The van der Waals surface area contributed by atoms with Crippen LogP contribution in [0.4, 0.5) is 5.82 Å². The van der Waals surface area contributed by atoms with Gasteiger partial charge in [0.25, 0.3) is 0 Å². The van der Waals surface area contributed by atoms with Crippen molar-refractivity contribution in [2.24, 2.45) is 0 Å². The van der Waals surface area contributed by atoms with Crippen molar-refractivity contribution in [2.45, 2.75) is 13.3 Å². The number of nitrogens with zero attached hydrogens (tertiary/aromatic N) is 2. The smallest absolute Gasteiger partial charge is 0.339 e. The highest BCUT2D eigenvalue weighted by molar-refractivity contribution is 5.93. The predicted molar refractivity (Wildman–Crippen MR) is 65.7 cm³/mol. The zero-order valence-electron chi connectivity index (χ0n) is 10.4. The summed E-state index contributed by atoms with van der Waals surface area (Å²) < 4.78 is 4.97. The highest BCUT2D eigenvalue weighted by atomic mass is 16.5. The molecular weight excluding hydrogens is 220 g/mol. The maximum Gasteiger partial charge on any atom is 0.339 e. The van der Waals surface area contributed by atoms with E-state index in [9.17, 15) is 4.79 Å². The van der Waals surface area contributed by atoms with Gasteiger partial charge in [0, 0.05) is 33.0 Å². The fourth-order valence-corrected chi connectivity index (χ4v) is 1.55. The summed E-state index contributed by atoms with van der Waals surface area (Å²) in [5.41, 5.74) is 1.04. The molecule has 0 radical (unpaired) electrons. The Hall–Kier alpha value is -1.62. The van der Waals surface area contributed by atoms with Gasteiger partial charge in [-0.25, -0.2) is 9.78 Å². The van der Waals surface area contributed by atoms with E-state index in [1.165, 1.54) is 0 Å². The molecule has 1 rings (SSSR count). The Labute approximate surface area is 101 Å². The van der Waals surface area contributed by atoms with Crippen molar-refractivity contribution in [3.8, 4) is 0 Å². The zero-order chi connectivity index (χ0) is 12.8. The molecule has 0 aliphatic carbocycles. The number of pyridine rings is 1. The number of carboxylic acid groups (broad SMARTS) is 1. The van der Waals surface area contributed by atoms with Crippen LogP contribution in [0.1, 0.15) is 22.5 Å².